The van der Waals surface area contributed by atoms with E-state index in [1.165, 1.54) is 57.8 Å². The van der Waals surface area contributed by atoms with E-state index in [9.17, 15) is 9.59 Å². The van der Waals surface area contributed by atoms with Gasteiger partial charge in [-0.05, 0) is 107 Å². The molecule has 2 aromatic heterocycles. The monoisotopic (exact) mass is 477 g/mol. The quantitative estimate of drug-likeness (QED) is 0.634. The number of piperidine rings is 1. The molecule has 7 heteroatoms. The zero-order chi connectivity index (χ0) is 24.0. The molecular formula is C28H39N5O2. The minimum Gasteiger partial charge on any atom is -0.351 e. The predicted molar refractivity (Wildman–Crippen MR) is 135 cm³/mol. The maximum atomic E-state index is 13.2. The molecule has 1 aliphatic heterocycles. The molecule has 7 nitrogen and oxygen atoms in total. The molecule has 2 aromatic rings. The highest BCUT2D eigenvalue weighted by molar-refractivity contribution is 5.95. The average molecular weight is 478 g/mol. The third-order valence-electron chi connectivity index (χ3n) is 9.43. The van der Waals surface area contributed by atoms with Gasteiger partial charge >= 0.3 is 0 Å². The van der Waals surface area contributed by atoms with Crippen LogP contribution in [0.5, 0.6) is 0 Å². The van der Waals surface area contributed by atoms with E-state index in [0.717, 1.165) is 37.3 Å². The van der Waals surface area contributed by atoms with E-state index in [0.29, 0.717) is 35.0 Å². The lowest BCUT2D eigenvalue weighted by molar-refractivity contribution is -0.0503. The van der Waals surface area contributed by atoms with Crippen molar-refractivity contribution in [1.29, 1.82) is 0 Å². The second-order valence-corrected chi connectivity index (χ2v) is 12.0. The lowest BCUT2D eigenvalue weighted by Gasteiger charge is -2.56. The fraction of sp³-hybridized carbons (Fsp3) is 0.679. The van der Waals surface area contributed by atoms with Crippen LogP contribution in [0.15, 0.2) is 24.4 Å². The number of pyridine rings is 1. The molecule has 1 unspecified atom stereocenters. The highest BCUT2D eigenvalue weighted by Crippen LogP contribution is 2.59. The van der Waals surface area contributed by atoms with Crippen LogP contribution in [0.2, 0.25) is 0 Å². The zero-order valence-electron chi connectivity index (χ0n) is 21.0. The van der Waals surface area contributed by atoms with Gasteiger partial charge in [-0.2, -0.15) is 0 Å². The number of hydrogen-bond donors (Lipinski definition) is 2. The maximum absolute atomic E-state index is 13.2. The van der Waals surface area contributed by atoms with E-state index < -0.39 is 0 Å². The molecule has 188 valence electrons. The van der Waals surface area contributed by atoms with E-state index in [4.69, 9.17) is 0 Å². The van der Waals surface area contributed by atoms with Gasteiger partial charge in [0, 0.05) is 25.3 Å². The summed E-state index contributed by atoms with van der Waals surface area (Å²) in [5.41, 5.74) is 1.83. The van der Waals surface area contributed by atoms with Gasteiger partial charge in [0.2, 0.25) is 0 Å². The van der Waals surface area contributed by atoms with Gasteiger partial charge < -0.3 is 15.5 Å². The van der Waals surface area contributed by atoms with Crippen molar-refractivity contribution in [3.05, 3.63) is 35.8 Å². The molecule has 2 amide bonds. The minimum atomic E-state index is -0.174. The fourth-order valence-electron chi connectivity index (χ4n) is 8.12. The van der Waals surface area contributed by atoms with Crippen LogP contribution in [0, 0.1) is 23.2 Å². The Hall–Kier alpha value is -2.41. The molecule has 0 aromatic carbocycles. The average Bonchev–Trinajstić information content (AvgIpc) is 3.28. The van der Waals surface area contributed by atoms with Gasteiger partial charge in [0.25, 0.3) is 11.8 Å². The van der Waals surface area contributed by atoms with Gasteiger partial charge in [-0.15, -0.1) is 0 Å². The first-order valence-corrected chi connectivity index (χ1v) is 13.7. The van der Waals surface area contributed by atoms with Crippen LogP contribution in [-0.4, -0.2) is 58.8 Å². The topological polar surface area (TPSA) is 78.7 Å². The van der Waals surface area contributed by atoms with Crippen LogP contribution < -0.4 is 10.6 Å². The maximum Gasteiger partial charge on any atom is 0.271 e. The summed E-state index contributed by atoms with van der Waals surface area (Å²) in [5, 5.41) is 6.30. The summed E-state index contributed by atoms with van der Waals surface area (Å²) in [5.74, 6) is 2.36. The second kappa shape index (κ2) is 9.23. The Labute approximate surface area is 208 Å². The van der Waals surface area contributed by atoms with Crippen LogP contribution in [0.1, 0.15) is 85.2 Å². The molecule has 7 rings (SSSR count). The van der Waals surface area contributed by atoms with E-state index in [1.807, 2.05) is 18.2 Å². The highest BCUT2D eigenvalue weighted by atomic mass is 16.2. The Morgan fingerprint density at radius 2 is 1.77 bits per heavy atom. The fourth-order valence-corrected chi connectivity index (χ4v) is 8.12. The van der Waals surface area contributed by atoms with Crippen LogP contribution in [0.3, 0.4) is 0 Å². The van der Waals surface area contributed by atoms with Crippen molar-refractivity contribution in [3.8, 4) is 0 Å². The van der Waals surface area contributed by atoms with Crippen molar-refractivity contribution in [2.45, 2.75) is 70.3 Å². The Bertz CT molecular complexity index is 1070. The molecule has 2 N–H and O–H groups in total. The summed E-state index contributed by atoms with van der Waals surface area (Å²) in [6.45, 7) is 2.54. The molecule has 3 heterocycles. The second-order valence-electron chi connectivity index (χ2n) is 12.0. The van der Waals surface area contributed by atoms with Crippen molar-refractivity contribution in [2.24, 2.45) is 23.2 Å². The van der Waals surface area contributed by atoms with Gasteiger partial charge in [0.15, 0.2) is 0 Å². The van der Waals surface area contributed by atoms with Crippen molar-refractivity contribution >= 4 is 17.5 Å². The summed E-state index contributed by atoms with van der Waals surface area (Å²) in [4.78, 5) is 33.0. The number of amides is 2. The first-order valence-electron chi connectivity index (χ1n) is 13.7. The van der Waals surface area contributed by atoms with Gasteiger partial charge in [-0.25, -0.2) is 4.98 Å². The number of carbonyl (C=O) groups is 2. The SMILES string of the molecule is CN1CCCCC1CCNC(=O)c1cn2c(C(=O)NCC34CC5CC(CC(C5)C3)C4)cccc2n1. The molecule has 0 radical (unpaired) electrons. The first kappa shape index (κ1) is 23.0. The number of hydrogen-bond acceptors (Lipinski definition) is 4. The van der Waals surface area contributed by atoms with E-state index in [1.54, 1.807) is 10.6 Å². The van der Waals surface area contributed by atoms with E-state index in [2.05, 4.69) is 27.6 Å². The van der Waals surface area contributed by atoms with Crippen molar-refractivity contribution in [3.63, 3.8) is 0 Å². The third-order valence-corrected chi connectivity index (χ3v) is 9.43. The lowest BCUT2D eigenvalue weighted by atomic mass is 9.49. The summed E-state index contributed by atoms with van der Waals surface area (Å²) in [6.07, 6.45) is 14.4. The standard InChI is InChI=1S/C28H39N5O2/c1-32-10-3-2-5-22(32)8-9-29-26(34)23-17-33-24(6-4-7-25(33)31-23)27(35)30-18-28-14-19-11-20(15-28)13-21(12-19)16-28/h4,6-7,17,19-22H,2-3,5,8-16,18H2,1H3,(H,29,34)(H,30,35). The lowest BCUT2D eigenvalue weighted by Crippen LogP contribution is -2.51. The van der Waals surface area contributed by atoms with Crippen molar-refractivity contribution < 1.29 is 9.59 Å². The summed E-state index contributed by atoms with van der Waals surface area (Å²) in [6, 6.07) is 6.06. The number of rotatable bonds is 7. The van der Waals surface area contributed by atoms with Gasteiger partial charge in [-0.1, -0.05) is 12.5 Å². The summed E-state index contributed by atoms with van der Waals surface area (Å²) >= 11 is 0. The highest BCUT2D eigenvalue weighted by Gasteiger charge is 2.50. The molecule has 4 aliphatic carbocycles. The summed E-state index contributed by atoms with van der Waals surface area (Å²) < 4.78 is 1.76. The molecule has 4 bridgehead atoms. The number of carbonyl (C=O) groups excluding carboxylic acids is 2. The normalized spacial score (nSPS) is 32.1. The minimum absolute atomic E-state index is 0.0731. The molecule has 35 heavy (non-hydrogen) atoms. The Morgan fingerprint density at radius 3 is 2.49 bits per heavy atom. The number of nitrogens with one attached hydrogen (secondary N) is 2. The molecule has 5 fully saturated rings. The molecule has 4 saturated carbocycles. The van der Waals surface area contributed by atoms with E-state index >= 15 is 0 Å². The molecule has 1 atom stereocenters. The van der Waals surface area contributed by atoms with Gasteiger partial charge in [0.05, 0.1) is 0 Å². The number of likely N-dealkylation sites (tertiary alicyclic amines) is 1. The van der Waals surface area contributed by atoms with Crippen LogP contribution in [0.4, 0.5) is 0 Å². The number of imidazole rings is 1. The number of nitrogens with zero attached hydrogens (tertiary/aromatic N) is 3. The Balaban J connectivity index is 1.09. The van der Waals surface area contributed by atoms with Crippen molar-refractivity contribution in [2.75, 3.05) is 26.7 Å². The molecule has 5 aliphatic rings. The first-order chi connectivity index (χ1) is 17.0. The van der Waals surface area contributed by atoms with Crippen LogP contribution >= 0.6 is 0 Å². The Morgan fingerprint density at radius 1 is 1.03 bits per heavy atom. The molecule has 0 spiro atoms. The predicted octanol–water partition coefficient (Wildman–Crippen LogP) is 3.88. The number of fused-ring (bicyclic) bond motifs is 1. The molecule has 1 saturated heterocycles. The Kier molecular flexibility index (Phi) is 6.07. The van der Waals surface area contributed by atoms with Gasteiger partial charge in [0.1, 0.15) is 17.0 Å². The molecular weight excluding hydrogens is 438 g/mol. The zero-order valence-corrected chi connectivity index (χ0v) is 21.0. The number of aromatic nitrogens is 2. The van der Waals surface area contributed by atoms with Crippen LogP contribution in [0.25, 0.3) is 5.65 Å². The van der Waals surface area contributed by atoms with E-state index in [-0.39, 0.29) is 11.8 Å². The van der Waals surface area contributed by atoms with Crippen LogP contribution in [-0.2, 0) is 0 Å². The smallest absolute Gasteiger partial charge is 0.271 e. The van der Waals surface area contributed by atoms with Gasteiger partial charge in [-0.3, -0.25) is 14.0 Å². The summed E-state index contributed by atoms with van der Waals surface area (Å²) in [7, 11) is 2.17. The van der Waals surface area contributed by atoms with Crippen molar-refractivity contribution in [1.82, 2.24) is 24.9 Å². The largest absolute Gasteiger partial charge is 0.351 e. The third kappa shape index (κ3) is 4.59.